The maximum absolute atomic E-state index is 12.4. The molecular weight excluding hydrogens is 538 g/mol. The van der Waals surface area contributed by atoms with E-state index in [1.807, 2.05) is 84.9 Å². The number of nitrogens with zero attached hydrogens (tertiary/aromatic N) is 3. The molecule has 6 nitrogen and oxygen atoms in total. The van der Waals surface area contributed by atoms with Crippen LogP contribution in [0.1, 0.15) is 11.1 Å². The molecule has 0 aliphatic carbocycles. The molecule has 0 saturated heterocycles. The van der Waals surface area contributed by atoms with E-state index in [9.17, 15) is 4.79 Å². The molecule has 0 saturated carbocycles. The van der Waals surface area contributed by atoms with Crippen LogP contribution >= 0.6 is 27.5 Å². The van der Waals surface area contributed by atoms with Crippen molar-refractivity contribution in [1.82, 2.24) is 14.6 Å². The van der Waals surface area contributed by atoms with E-state index in [-0.39, 0.29) is 5.91 Å². The number of aromatic nitrogens is 3. The summed E-state index contributed by atoms with van der Waals surface area (Å²) >= 11 is 9.96. The topological polar surface area (TPSA) is 71.3 Å². The van der Waals surface area contributed by atoms with E-state index in [1.54, 1.807) is 16.8 Å². The maximum atomic E-state index is 12.4. The van der Waals surface area contributed by atoms with Gasteiger partial charge in [-0.05, 0) is 51.3 Å². The van der Waals surface area contributed by atoms with Crippen molar-refractivity contribution in [2.75, 3.05) is 10.6 Å². The minimum atomic E-state index is -0.189. The fraction of sp³-hybridized carbons (Fsp3) is 0.0357. The summed E-state index contributed by atoms with van der Waals surface area (Å²) in [6, 6.07) is 26.9. The van der Waals surface area contributed by atoms with Crippen molar-refractivity contribution >= 4 is 56.7 Å². The molecule has 8 heteroatoms. The number of hydrogen-bond donors (Lipinski definition) is 2. The first kappa shape index (κ1) is 23.8. The number of halogens is 2. The third kappa shape index (κ3) is 5.48. The first-order valence-corrected chi connectivity index (χ1v) is 12.4. The van der Waals surface area contributed by atoms with Crippen LogP contribution in [0.3, 0.4) is 0 Å². The summed E-state index contributed by atoms with van der Waals surface area (Å²) in [5, 5.41) is 11.4. The molecule has 1 amide bonds. The number of carbonyl (C=O) groups excluding carboxylic acids is 1. The first-order valence-electron chi connectivity index (χ1n) is 11.2. The number of nitrogens with one attached hydrogen (secondary N) is 2. The first-order chi connectivity index (χ1) is 17.6. The van der Waals surface area contributed by atoms with Crippen molar-refractivity contribution in [1.29, 1.82) is 0 Å². The number of anilines is 2. The van der Waals surface area contributed by atoms with Crippen LogP contribution in [-0.2, 0) is 11.3 Å². The lowest BCUT2D eigenvalue weighted by molar-refractivity contribution is -0.111. The lowest BCUT2D eigenvalue weighted by Gasteiger charge is -2.12. The van der Waals surface area contributed by atoms with Gasteiger partial charge in [0, 0.05) is 35.0 Å². The molecule has 0 spiro atoms. The molecule has 3 aromatic carbocycles. The molecule has 0 radical (unpaired) electrons. The molecule has 0 atom stereocenters. The Morgan fingerprint density at radius 3 is 2.64 bits per heavy atom. The number of carbonyl (C=O) groups is 1. The average Bonchev–Trinajstić information content (AvgIpc) is 3.28. The van der Waals surface area contributed by atoms with E-state index < -0.39 is 0 Å². The Morgan fingerprint density at radius 1 is 1.00 bits per heavy atom. The number of fused-ring (bicyclic) bond motifs is 1. The summed E-state index contributed by atoms with van der Waals surface area (Å²) in [5.74, 6) is 0.575. The Labute approximate surface area is 221 Å². The Bertz CT molecular complexity index is 1570. The zero-order chi connectivity index (χ0) is 24.9. The van der Waals surface area contributed by atoms with Crippen LogP contribution in [0.5, 0.6) is 0 Å². The van der Waals surface area contributed by atoms with Gasteiger partial charge in [-0.15, -0.1) is 0 Å². The van der Waals surface area contributed by atoms with Gasteiger partial charge in [-0.25, -0.2) is 4.98 Å². The Hall–Kier alpha value is -3.94. The van der Waals surface area contributed by atoms with Gasteiger partial charge in [0.15, 0.2) is 5.65 Å². The van der Waals surface area contributed by atoms with Crippen LogP contribution in [0.2, 0.25) is 5.02 Å². The molecule has 2 N–H and O–H groups in total. The predicted molar refractivity (Wildman–Crippen MR) is 149 cm³/mol. The van der Waals surface area contributed by atoms with Gasteiger partial charge in [0.25, 0.3) is 0 Å². The van der Waals surface area contributed by atoms with Gasteiger partial charge in [0.1, 0.15) is 5.82 Å². The van der Waals surface area contributed by atoms with E-state index in [2.05, 4.69) is 31.7 Å². The van der Waals surface area contributed by atoms with Crippen LogP contribution in [-0.4, -0.2) is 20.5 Å². The van der Waals surface area contributed by atoms with Gasteiger partial charge in [-0.1, -0.05) is 72.3 Å². The second-order valence-corrected chi connectivity index (χ2v) is 9.28. The maximum Gasteiger partial charge on any atom is 0.248 e. The summed E-state index contributed by atoms with van der Waals surface area (Å²) in [6.07, 6.45) is 5.02. The molecule has 0 aliphatic rings. The van der Waals surface area contributed by atoms with E-state index in [0.717, 1.165) is 38.4 Å². The Morgan fingerprint density at radius 2 is 1.81 bits per heavy atom. The van der Waals surface area contributed by atoms with E-state index >= 15 is 0 Å². The zero-order valence-electron chi connectivity index (χ0n) is 19.0. The fourth-order valence-electron chi connectivity index (χ4n) is 3.74. The Balaban J connectivity index is 1.34. The predicted octanol–water partition coefficient (Wildman–Crippen LogP) is 7.08. The standard InChI is InChI=1S/C28H21BrClN5O/c29-23-18-32-35-26(16-25(34-28(23)35)22-11-4-5-12-24(22)30)31-17-20-9-6-10-21(15-20)33-27(36)14-13-19-7-2-1-3-8-19/h1-16,18,31H,17H2,(H,33,36)/b14-13+. The second-order valence-electron chi connectivity index (χ2n) is 8.02. The van der Waals surface area contributed by atoms with Crippen LogP contribution in [0.4, 0.5) is 11.5 Å². The minimum absolute atomic E-state index is 0.189. The minimum Gasteiger partial charge on any atom is -0.366 e. The largest absolute Gasteiger partial charge is 0.366 e. The molecule has 0 bridgehead atoms. The molecular formula is C28H21BrClN5O. The van der Waals surface area contributed by atoms with Crippen molar-refractivity contribution in [2.24, 2.45) is 0 Å². The third-order valence-corrected chi connectivity index (χ3v) is 6.36. The summed E-state index contributed by atoms with van der Waals surface area (Å²) in [4.78, 5) is 17.1. The molecule has 178 valence electrons. The number of rotatable bonds is 7. The van der Waals surface area contributed by atoms with Gasteiger partial charge in [-0.2, -0.15) is 9.61 Å². The van der Waals surface area contributed by atoms with Gasteiger partial charge >= 0.3 is 0 Å². The normalized spacial score (nSPS) is 11.2. The summed E-state index contributed by atoms with van der Waals surface area (Å²) in [6.45, 7) is 0.516. The van der Waals surface area contributed by atoms with Crippen LogP contribution < -0.4 is 10.6 Å². The molecule has 0 unspecified atom stereocenters. The van der Waals surface area contributed by atoms with Gasteiger partial charge in [-0.3, -0.25) is 4.79 Å². The van der Waals surface area contributed by atoms with Crippen molar-refractivity contribution < 1.29 is 4.79 Å². The van der Waals surface area contributed by atoms with E-state index in [4.69, 9.17) is 16.6 Å². The fourth-order valence-corrected chi connectivity index (χ4v) is 4.32. The Kier molecular flexibility index (Phi) is 7.11. The highest BCUT2D eigenvalue weighted by Gasteiger charge is 2.13. The van der Waals surface area contributed by atoms with Crippen LogP contribution in [0.25, 0.3) is 23.0 Å². The highest BCUT2D eigenvalue weighted by Crippen LogP contribution is 2.30. The number of amides is 1. The second kappa shape index (κ2) is 10.8. The number of benzene rings is 3. The number of hydrogen-bond acceptors (Lipinski definition) is 4. The molecule has 0 aliphatic heterocycles. The molecule has 2 aromatic heterocycles. The summed E-state index contributed by atoms with van der Waals surface area (Å²) < 4.78 is 2.53. The van der Waals surface area contributed by atoms with Crippen LogP contribution in [0, 0.1) is 0 Å². The van der Waals surface area contributed by atoms with E-state index in [1.165, 1.54) is 6.08 Å². The highest BCUT2D eigenvalue weighted by atomic mass is 79.9. The highest BCUT2D eigenvalue weighted by molar-refractivity contribution is 9.10. The van der Waals surface area contributed by atoms with Crippen LogP contribution in [0.15, 0.2) is 102 Å². The van der Waals surface area contributed by atoms with Crippen molar-refractivity contribution in [3.05, 3.63) is 118 Å². The lowest BCUT2D eigenvalue weighted by atomic mass is 10.1. The quantitative estimate of drug-likeness (QED) is 0.210. The summed E-state index contributed by atoms with van der Waals surface area (Å²) in [5.41, 5.74) is 4.94. The average molecular weight is 559 g/mol. The monoisotopic (exact) mass is 557 g/mol. The molecule has 2 heterocycles. The lowest BCUT2D eigenvalue weighted by Crippen LogP contribution is -2.09. The SMILES string of the molecule is O=C(/C=C/c1ccccc1)Nc1cccc(CNc2cc(-c3ccccc3Cl)nc3c(Br)cnn23)c1. The molecule has 5 aromatic rings. The van der Waals surface area contributed by atoms with Gasteiger partial charge in [0.2, 0.25) is 5.91 Å². The van der Waals surface area contributed by atoms with Gasteiger partial charge in [0.05, 0.1) is 16.4 Å². The summed E-state index contributed by atoms with van der Waals surface area (Å²) in [7, 11) is 0. The molecule has 36 heavy (non-hydrogen) atoms. The zero-order valence-corrected chi connectivity index (χ0v) is 21.4. The van der Waals surface area contributed by atoms with Crippen molar-refractivity contribution in [2.45, 2.75) is 6.54 Å². The van der Waals surface area contributed by atoms with E-state index in [0.29, 0.717) is 17.2 Å². The van der Waals surface area contributed by atoms with Crippen molar-refractivity contribution in [3.63, 3.8) is 0 Å². The third-order valence-electron chi connectivity index (χ3n) is 5.47. The smallest absolute Gasteiger partial charge is 0.248 e. The van der Waals surface area contributed by atoms with Gasteiger partial charge < -0.3 is 10.6 Å². The van der Waals surface area contributed by atoms with Crippen molar-refractivity contribution in [3.8, 4) is 11.3 Å². The molecule has 0 fully saturated rings. The molecule has 5 rings (SSSR count).